The number of nitrogens with one attached hydrogen (secondary N) is 2. The number of amides is 2. The summed E-state index contributed by atoms with van der Waals surface area (Å²) in [5.74, 6) is 0.374. The summed E-state index contributed by atoms with van der Waals surface area (Å²) in [5, 5.41) is 12.3. The molecule has 0 unspecified atom stereocenters. The highest BCUT2D eigenvalue weighted by Gasteiger charge is 2.07. The van der Waals surface area contributed by atoms with Gasteiger partial charge >= 0.3 is 0 Å². The molecule has 0 atom stereocenters. The molecule has 1 aromatic heterocycles. The molecule has 0 spiro atoms. The average molecular weight is 380 g/mol. The lowest BCUT2D eigenvalue weighted by Crippen LogP contribution is -2.26. The molecule has 2 aromatic carbocycles. The SMILES string of the molecule is C/C(=C\C(=O)NCCOc1ccc(C(=O)NO)cc1)c1cc2ccccc2o1. The summed E-state index contributed by atoms with van der Waals surface area (Å²) in [7, 11) is 0. The zero-order valence-corrected chi connectivity index (χ0v) is 15.3. The van der Waals surface area contributed by atoms with Gasteiger partial charge in [0.05, 0.1) is 6.54 Å². The van der Waals surface area contributed by atoms with E-state index in [1.54, 1.807) is 17.6 Å². The monoisotopic (exact) mass is 380 g/mol. The predicted molar refractivity (Wildman–Crippen MR) is 104 cm³/mol. The fourth-order valence-electron chi connectivity index (χ4n) is 2.61. The molecule has 3 rings (SSSR count). The minimum absolute atomic E-state index is 0.239. The van der Waals surface area contributed by atoms with E-state index in [9.17, 15) is 9.59 Å². The van der Waals surface area contributed by atoms with Crippen LogP contribution in [-0.4, -0.2) is 30.2 Å². The van der Waals surface area contributed by atoms with Crippen LogP contribution in [0.25, 0.3) is 16.5 Å². The number of fused-ring (bicyclic) bond motifs is 1. The zero-order valence-electron chi connectivity index (χ0n) is 15.3. The van der Waals surface area contributed by atoms with Crippen LogP contribution in [0.5, 0.6) is 5.75 Å². The summed E-state index contributed by atoms with van der Waals surface area (Å²) in [6.07, 6.45) is 1.49. The maximum absolute atomic E-state index is 12.1. The molecule has 0 fully saturated rings. The second kappa shape index (κ2) is 8.88. The van der Waals surface area contributed by atoms with Gasteiger partial charge < -0.3 is 14.5 Å². The molecule has 3 aromatic rings. The minimum Gasteiger partial charge on any atom is -0.492 e. The van der Waals surface area contributed by atoms with Crippen molar-refractivity contribution in [1.29, 1.82) is 0 Å². The van der Waals surface area contributed by atoms with Gasteiger partial charge in [-0.1, -0.05) is 18.2 Å². The molecule has 0 saturated heterocycles. The summed E-state index contributed by atoms with van der Waals surface area (Å²) in [5.41, 5.74) is 3.38. The Bertz CT molecular complexity index is 972. The Morgan fingerprint density at radius 1 is 1.14 bits per heavy atom. The van der Waals surface area contributed by atoms with Crippen molar-refractivity contribution in [2.24, 2.45) is 0 Å². The molecule has 0 saturated carbocycles. The van der Waals surface area contributed by atoms with Gasteiger partial charge in [0.25, 0.3) is 5.91 Å². The number of furan rings is 1. The van der Waals surface area contributed by atoms with E-state index in [-0.39, 0.29) is 12.5 Å². The van der Waals surface area contributed by atoms with Crippen molar-refractivity contribution >= 4 is 28.4 Å². The average Bonchev–Trinajstić information content (AvgIpc) is 3.15. The highest BCUT2D eigenvalue weighted by Crippen LogP contribution is 2.24. The second-order valence-electron chi connectivity index (χ2n) is 6.08. The summed E-state index contributed by atoms with van der Waals surface area (Å²) in [6, 6.07) is 15.8. The normalized spacial score (nSPS) is 11.3. The highest BCUT2D eigenvalue weighted by molar-refractivity contribution is 5.95. The Kier molecular flexibility index (Phi) is 6.08. The van der Waals surface area contributed by atoms with E-state index in [0.29, 0.717) is 23.6 Å². The van der Waals surface area contributed by atoms with Gasteiger partial charge in [0.1, 0.15) is 23.7 Å². The molecule has 2 amide bonds. The third-order valence-electron chi connectivity index (χ3n) is 4.05. The maximum Gasteiger partial charge on any atom is 0.274 e. The molecule has 0 bridgehead atoms. The maximum atomic E-state index is 12.1. The second-order valence-corrected chi connectivity index (χ2v) is 6.08. The van der Waals surface area contributed by atoms with Crippen molar-refractivity contribution in [2.45, 2.75) is 6.92 Å². The van der Waals surface area contributed by atoms with Gasteiger partial charge in [-0.15, -0.1) is 0 Å². The van der Waals surface area contributed by atoms with Gasteiger partial charge in [-0.3, -0.25) is 14.8 Å². The Hall–Kier alpha value is -3.58. The number of para-hydroxylation sites is 1. The molecular weight excluding hydrogens is 360 g/mol. The first-order chi connectivity index (χ1) is 13.6. The first-order valence-corrected chi connectivity index (χ1v) is 8.69. The standard InChI is InChI=1S/C21H20N2O5/c1-14(19-13-16-4-2-3-5-18(16)28-19)12-20(24)22-10-11-27-17-8-6-15(7-9-17)21(25)23-26/h2-9,12-13,26H,10-11H2,1H3,(H,22,24)(H,23,25)/b14-12+. The Labute approximate surface area is 161 Å². The molecule has 0 aliphatic rings. The van der Waals surface area contributed by atoms with Crippen molar-refractivity contribution in [3.63, 3.8) is 0 Å². The van der Waals surface area contributed by atoms with E-state index >= 15 is 0 Å². The largest absolute Gasteiger partial charge is 0.492 e. The molecule has 0 aliphatic heterocycles. The van der Waals surface area contributed by atoms with Crippen LogP contribution in [0.2, 0.25) is 0 Å². The van der Waals surface area contributed by atoms with Gasteiger partial charge in [-0.2, -0.15) is 0 Å². The first-order valence-electron chi connectivity index (χ1n) is 8.69. The van der Waals surface area contributed by atoms with E-state index in [0.717, 1.165) is 16.5 Å². The molecule has 144 valence electrons. The number of carbonyl (C=O) groups is 2. The Balaban J connectivity index is 1.47. The Morgan fingerprint density at radius 2 is 1.89 bits per heavy atom. The van der Waals surface area contributed by atoms with Crippen LogP contribution in [0.4, 0.5) is 0 Å². The van der Waals surface area contributed by atoms with Crippen LogP contribution >= 0.6 is 0 Å². The predicted octanol–water partition coefficient (Wildman–Crippen LogP) is 3.15. The van der Waals surface area contributed by atoms with E-state index in [4.69, 9.17) is 14.4 Å². The summed E-state index contributed by atoms with van der Waals surface area (Å²) in [6.45, 7) is 2.41. The highest BCUT2D eigenvalue weighted by atomic mass is 16.5. The molecular formula is C21H20N2O5. The number of hydrogen-bond donors (Lipinski definition) is 3. The molecule has 0 radical (unpaired) electrons. The van der Waals surface area contributed by atoms with Crippen molar-refractivity contribution in [1.82, 2.24) is 10.8 Å². The van der Waals surface area contributed by atoms with E-state index < -0.39 is 5.91 Å². The van der Waals surface area contributed by atoms with E-state index in [1.807, 2.05) is 37.3 Å². The summed E-state index contributed by atoms with van der Waals surface area (Å²) >= 11 is 0. The van der Waals surface area contributed by atoms with Gasteiger partial charge in [0.15, 0.2) is 0 Å². The van der Waals surface area contributed by atoms with Gasteiger partial charge in [0, 0.05) is 17.0 Å². The molecule has 7 heteroatoms. The summed E-state index contributed by atoms with van der Waals surface area (Å²) < 4.78 is 11.2. The van der Waals surface area contributed by atoms with Gasteiger partial charge in [-0.25, -0.2) is 5.48 Å². The molecule has 3 N–H and O–H groups in total. The Morgan fingerprint density at radius 3 is 2.61 bits per heavy atom. The van der Waals surface area contributed by atoms with Crippen LogP contribution in [0, 0.1) is 0 Å². The first kappa shape index (κ1) is 19.2. The van der Waals surface area contributed by atoms with Crippen molar-refractivity contribution < 1.29 is 24.0 Å². The lowest BCUT2D eigenvalue weighted by molar-refractivity contribution is -0.116. The van der Waals surface area contributed by atoms with Crippen molar-refractivity contribution in [3.05, 3.63) is 72.0 Å². The summed E-state index contributed by atoms with van der Waals surface area (Å²) in [4.78, 5) is 23.3. The van der Waals surface area contributed by atoms with E-state index in [1.165, 1.54) is 18.2 Å². The number of hydrogen-bond acceptors (Lipinski definition) is 5. The smallest absolute Gasteiger partial charge is 0.274 e. The number of hydroxylamine groups is 1. The van der Waals surface area contributed by atoms with Crippen LogP contribution in [0.1, 0.15) is 23.0 Å². The fraction of sp³-hybridized carbons (Fsp3) is 0.143. The minimum atomic E-state index is -0.592. The van der Waals surface area contributed by atoms with E-state index in [2.05, 4.69) is 5.32 Å². The zero-order chi connectivity index (χ0) is 19.9. The van der Waals surface area contributed by atoms with Crippen LogP contribution < -0.4 is 15.5 Å². The molecule has 28 heavy (non-hydrogen) atoms. The fourth-order valence-corrected chi connectivity index (χ4v) is 2.61. The lowest BCUT2D eigenvalue weighted by Gasteiger charge is -2.07. The van der Waals surface area contributed by atoms with Gasteiger partial charge in [-0.05, 0) is 48.9 Å². The topological polar surface area (TPSA) is 101 Å². The number of ether oxygens (including phenoxy) is 1. The van der Waals surface area contributed by atoms with Crippen LogP contribution in [0.15, 0.2) is 65.1 Å². The number of allylic oxidation sites excluding steroid dienone is 1. The van der Waals surface area contributed by atoms with Gasteiger partial charge in [0.2, 0.25) is 5.91 Å². The quantitative estimate of drug-likeness (QED) is 0.253. The molecule has 7 nitrogen and oxygen atoms in total. The van der Waals surface area contributed by atoms with Crippen molar-refractivity contribution in [2.75, 3.05) is 13.2 Å². The van der Waals surface area contributed by atoms with Crippen LogP contribution in [0.3, 0.4) is 0 Å². The van der Waals surface area contributed by atoms with Crippen molar-refractivity contribution in [3.8, 4) is 5.75 Å². The molecule has 0 aliphatic carbocycles. The number of rotatable bonds is 7. The number of benzene rings is 2. The third kappa shape index (κ3) is 4.77. The van der Waals surface area contributed by atoms with Crippen LogP contribution in [-0.2, 0) is 4.79 Å². The molecule has 1 heterocycles. The lowest BCUT2D eigenvalue weighted by atomic mass is 10.2. The third-order valence-corrected chi connectivity index (χ3v) is 4.05. The number of carbonyl (C=O) groups excluding carboxylic acids is 2.